The van der Waals surface area contributed by atoms with E-state index in [-0.39, 0.29) is 30.2 Å². The first kappa shape index (κ1) is 24.1. The van der Waals surface area contributed by atoms with Crippen LogP contribution in [0, 0.1) is 5.82 Å². The van der Waals surface area contributed by atoms with E-state index in [1.807, 2.05) is 34.5 Å². The van der Waals surface area contributed by atoms with Crippen molar-refractivity contribution in [2.75, 3.05) is 19.6 Å². The molecule has 1 aliphatic rings. The fraction of sp³-hybridized carbons (Fsp3) is 0.357. The second kappa shape index (κ2) is 11.0. The number of aryl methyl sites for hydroxylation is 1. The molecule has 0 saturated carbocycles. The van der Waals surface area contributed by atoms with Gasteiger partial charge in [-0.1, -0.05) is 44.5 Å². The quantitative estimate of drug-likeness (QED) is 0.406. The van der Waals surface area contributed by atoms with Gasteiger partial charge in [-0.25, -0.2) is 4.39 Å². The maximum atomic E-state index is 13.7. The Morgan fingerprint density at radius 3 is 2.47 bits per heavy atom. The number of thiophene rings is 1. The van der Waals surface area contributed by atoms with Gasteiger partial charge in [0.05, 0.1) is 6.04 Å². The number of hydrogen-bond acceptors (Lipinski definition) is 3. The van der Waals surface area contributed by atoms with E-state index in [4.69, 9.17) is 0 Å². The highest BCUT2D eigenvalue weighted by Gasteiger charge is 2.34. The molecule has 1 unspecified atom stereocenters. The summed E-state index contributed by atoms with van der Waals surface area (Å²) in [6.45, 7) is 5.31. The third-order valence-corrected chi connectivity index (χ3v) is 7.47. The highest BCUT2D eigenvalue weighted by Crippen LogP contribution is 2.38. The Bertz CT molecular complexity index is 1120. The van der Waals surface area contributed by atoms with Gasteiger partial charge >= 0.3 is 0 Å². The number of nitrogens with zero attached hydrogens (tertiary/aromatic N) is 2. The molecular formula is C28H31FN2O2S. The van der Waals surface area contributed by atoms with Crippen LogP contribution in [0.5, 0.6) is 0 Å². The van der Waals surface area contributed by atoms with Crippen LogP contribution in [0.15, 0.2) is 60.0 Å². The van der Waals surface area contributed by atoms with Crippen molar-refractivity contribution in [1.82, 2.24) is 9.80 Å². The third-order valence-electron chi connectivity index (χ3n) is 6.48. The lowest BCUT2D eigenvalue weighted by molar-refractivity contribution is -0.134. The van der Waals surface area contributed by atoms with E-state index >= 15 is 0 Å². The van der Waals surface area contributed by atoms with E-state index in [1.165, 1.54) is 22.6 Å². The Morgan fingerprint density at radius 1 is 1.06 bits per heavy atom. The Morgan fingerprint density at radius 2 is 1.79 bits per heavy atom. The predicted molar refractivity (Wildman–Crippen MR) is 135 cm³/mol. The monoisotopic (exact) mass is 478 g/mol. The maximum Gasteiger partial charge on any atom is 0.254 e. The molecule has 0 radical (unpaired) electrons. The number of fused-ring (bicyclic) bond motifs is 1. The SMILES string of the molecule is CCCCN(CC(=O)N1CCc2sccc2C1c1ccc(F)cc1)C(=O)c1ccc(CC)cc1. The fourth-order valence-electron chi connectivity index (χ4n) is 4.51. The number of halogens is 1. The smallest absolute Gasteiger partial charge is 0.254 e. The van der Waals surface area contributed by atoms with Crippen molar-refractivity contribution >= 4 is 23.2 Å². The Labute approximate surface area is 205 Å². The first-order valence-corrected chi connectivity index (χ1v) is 12.9. The van der Waals surface area contributed by atoms with Gasteiger partial charge in [-0.2, -0.15) is 0 Å². The minimum absolute atomic E-state index is 0.0333. The fourth-order valence-corrected chi connectivity index (χ4v) is 5.41. The van der Waals surface area contributed by atoms with Crippen LogP contribution in [0.1, 0.15) is 64.7 Å². The summed E-state index contributed by atoms with van der Waals surface area (Å²) in [6, 6.07) is 15.8. The number of rotatable bonds is 8. The number of hydrogen-bond donors (Lipinski definition) is 0. The molecule has 0 N–H and O–H groups in total. The summed E-state index contributed by atoms with van der Waals surface area (Å²) in [5, 5.41) is 2.05. The van der Waals surface area contributed by atoms with Crippen molar-refractivity contribution in [2.45, 2.75) is 45.6 Å². The second-order valence-corrected chi connectivity index (χ2v) is 9.72. The number of carbonyl (C=O) groups is 2. The molecule has 0 fully saturated rings. The minimum Gasteiger partial charge on any atom is -0.330 e. The molecule has 3 aromatic rings. The lowest BCUT2D eigenvalue weighted by Gasteiger charge is -2.37. The first-order valence-electron chi connectivity index (χ1n) is 12.0. The molecule has 6 heteroatoms. The molecule has 2 amide bonds. The van der Waals surface area contributed by atoms with Crippen LogP contribution < -0.4 is 0 Å². The van der Waals surface area contributed by atoms with Gasteiger partial charge in [-0.3, -0.25) is 9.59 Å². The Balaban J connectivity index is 1.59. The number of amides is 2. The first-order chi connectivity index (χ1) is 16.5. The molecule has 1 aromatic heterocycles. The van der Waals surface area contributed by atoms with Crippen LogP contribution >= 0.6 is 11.3 Å². The van der Waals surface area contributed by atoms with Crippen LogP contribution in [0.3, 0.4) is 0 Å². The van der Waals surface area contributed by atoms with Gasteiger partial charge in [-0.15, -0.1) is 11.3 Å². The summed E-state index contributed by atoms with van der Waals surface area (Å²) >= 11 is 1.69. The molecule has 4 nitrogen and oxygen atoms in total. The average Bonchev–Trinajstić information content (AvgIpc) is 3.35. The lowest BCUT2D eigenvalue weighted by atomic mass is 9.93. The Kier molecular flexibility index (Phi) is 7.78. The molecule has 178 valence electrons. The van der Waals surface area contributed by atoms with Crippen LogP contribution in [0.2, 0.25) is 0 Å². The van der Waals surface area contributed by atoms with E-state index in [9.17, 15) is 14.0 Å². The summed E-state index contributed by atoms with van der Waals surface area (Å²) < 4.78 is 13.6. The Hall–Kier alpha value is -2.99. The van der Waals surface area contributed by atoms with Gasteiger partial charge in [0, 0.05) is 23.5 Å². The third kappa shape index (κ3) is 5.22. The summed E-state index contributed by atoms with van der Waals surface area (Å²) in [4.78, 5) is 31.8. The van der Waals surface area contributed by atoms with E-state index in [0.717, 1.165) is 36.8 Å². The van der Waals surface area contributed by atoms with Crippen molar-refractivity contribution in [1.29, 1.82) is 0 Å². The summed E-state index contributed by atoms with van der Waals surface area (Å²) in [5.41, 5.74) is 3.76. The molecule has 4 rings (SSSR count). The molecule has 0 saturated heterocycles. The van der Waals surface area contributed by atoms with Crippen molar-refractivity contribution in [3.63, 3.8) is 0 Å². The van der Waals surface area contributed by atoms with Crippen LogP contribution in [0.4, 0.5) is 4.39 Å². The van der Waals surface area contributed by atoms with E-state index in [1.54, 1.807) is 28.4 Å². The van der Waals surface area contributed by atoms with Crippen molar-refractivity contribution in [3.8, 4) is 0 Å². The number of benzene rings is 2. The molecule has 1 aliphatic heterocycles. The van der Waals surface area contributed by atoms with Crippen LogP contribution in [-0.2, 0) is 17.6 Å². The van der Waals surface area contributed by atoms with Crippen molar-refractivity contribution < 1.29 is 14.0 Å². The zero-order valence-corrected chi connectivity index (χ0v) is 20.6. The maximum absolute atomic E-state index is 13.7. The molecule has 2 aromatic carbocycles. The number of unbranched alkanes of at least 4 members (excludes halogenated alkanes) is 1. The van der Waals surface area contributed by atoms with Gasteiger partial charge < -0.3 is 9.80 Å². The molecule has 2 heterocycles. The van der Waals surface area contributed by atoms with Crippen molar-refractivity contribution in [3.05, 3.63) is 92.9 Å². The zero-order valence-electron chi connectivity index (χ0n) is 19.8. The summed E-state index contributed by atoms with van der Waals surface area (Å²) in [5.74, 6) is -0.495. The van der Waals surface area contributed by atoms with Gasteiger partial charge in [0.15, 0.2) is 0 Å². The van der Waals surface area contributed by atoms with Gasteiger partial charge in [-0.05, 0) is 71.7 Å². The van der Waals surface area contributed by atoms with Gasteiger partial charge in [0.1, 0.15) is 12.4 Å². The molecular weight excluding hydrogens is 447 g/mol. The average molecular weight is 479 g/mol. The molecule has 0 aliphatic carbocycles. The van der Waals surface area contributed by atoms with E-state index < -0.39 is 0 Å². The largest absolute Gasteiger partial charge is 0.330 e. The molecule has 0 bridgehead atoms. The van der Waals surface area contributed by atoms with E-state index in [2.05, 4.69) is 19.9 Å². The second-order valence-electron chi connectivity index (χ2n) is 8.72. The summed E-state index contributed by atoms with van der Waals surface area (Å²) in [6.07, 6.45) is 3.48. The highest BCUT2D eigenvalue weighted by atomic mass is 32.1. The standard InChI is InChI=1S/C28H31FN2O2S/c1-3-5-16-30(28(33)22-8-6-20(4-2)7-9-22)19-26(32)31-17-14-25-24(15-18-34-25)27(31)21-10-12-23(29)13-11-21/h6-13,15,18,27H,3-5,14,16-17,19H2,1-2H3. The predicted octanol–water partition coefficient (Wildman–Crippen LogP) is 5.87. The topological polar surface area (TPSA) is 40.6 Å². The lowest BCUT2D eigenvalue weighted by Crippen LogP contribution is -2.47. The normalized spacial score (nSPS) is 15.1. The molecule has 0 spiro atoms. The number of carbonyl (C=O) groups excluding carboxylic acids is 2. The van der Waals surface area contributed by atoms with E-state index in [0.29, 0.717) is 18.7 Å². The highest BCUT2D eigenvalue weighted by molar-refractivity contribution is 7.10. The summed E-state index contributed by atoms with van der Waals surface area (Å²) in [7, 11) is 0. The van der Waals surface area contributed by atoms with Crippen LogP contribution in [0.25, 0.3) is 0 Å². The van der Waals surface area contributed by atoms with Crippen molar-refractivity contribution in [2.24, 2.45) is 0 Å². The minimum atomic E-state index is -0.298. The zero-order chi connectivity index (χ0) is 24.1. The van der Waals surface area contributed by atoms with Gasteiger partial charge in [0.2, 0.25) is 5.91 Å². The van der Waals surface area contributed by atoms with Crippen LogP contribution in [-0.4, -0.2) is 41.2 Å². The van der Waals surface area contributed by atoms with Gasteiger partial charge in [0.25, 0.3) is 5.91 Å². The molecule has 1 atom stereocenters. The molecule has 34 heavy (non-hydrogen) atoms.